The van der Waals surface area contributed by atoms with Crippen LogP contribution in [0, 0.1) is 0 Å². The number of carbonyl (C=O) groups is 3. The van der Waals surface area contributed by atoms with Gasteiger partial charge in [0, 0.05) is 18.4 Å². The van der Waals surface area contributed by atoms with Gasteiger partial charge in [0.25, 0.3) is 0 Å². The SMILES string of the molecule is CC(C)(C)NC(=O)COC(CCC(=O)O)NC(=O)OCc1ccccc1. The Labute approximate surface area is 152 Å². The first-order chi connectivity index (χ1) is 12.2. The minimum Gasteiger partial charge on any atom is -0.481 e. The lowest BCUT2D eigenvalue weighted by molar-refractivity contribution is -0.138. The maximum absolute atomic E-state index is 11.9. The standard InChI is InChI=1S/C18H26N2O6/c1-18(2,3)20-14(21)12-25-15(9-10-16(22)23)19-17(24)26-11-13-7-5-4-6-8-13/h4-8,15H,9-12H2,1-3H3,(H,19,24)(H,20,21)(H,22,23). The Bertz CT molecular complexity index is 597. The predicted molar refractivity (Wildman–Crippen MR) is 94.3 cm³/mol. The van der Waals surface area contributed by atoms with Crippen LogP contribution in [-0.2, 0) is 25.7 Å². The van der Waals surface area contributed by atoms with Gasteiger partial charge in [-0.2, -0.15) is 0 Å². The Morgan fingerprint density at radius 3 is 2.38 bits per heavy atom. The van der Waals surface area contributed by atoms with Crippen molar-refractivity contribution in [2.75, 3.05) is 6.61 Å². The topological polar surface area (TPSA) is 114 Å². The average molecular weight is 366 g/mol. The first kappa shape index (κ1) is 21.4. The quantitative estimate of drug-likeness (QED) is 0.576. The van der Waals surface area contributed by atoms with Crippen LogP contribution in [0.15, 0.2) is 30.3 Å². The van der Waals surface area contributed by atoms with E-state index in [9.17, 15) is 14.4 Å². The van der Waals surface area contributed by atoms with Gasteiger partial charge in [-0.25, -0.2) is 4.79 Å². The minimum absolute atomic E-state index is 0.0125. The summed E-state index contributed by atoms with van der Waals surface area (Å²) in [4.78, 5) is 34.4. The highest BCUT2D eigenvalue weighted by Gasteiger charge is 2.19. The summed E-state index contributed by atoms with van der Waals surface area (Å²) in [6.45, 7) is 5.24. The van der Waals surface area contributed by atoms with E-state index in [1.807, 2.05) is 51.1 Å². The second-order valence-corrected chi connectivity index (χ2v) is 6.74. The number of ether oxygens (including phenoxy) is 2. The highest BCUT2D eigenvalue weighted by Crippen LogP contribution is 2.04. The Kier molecular flexibility index (Phi) is 8.57. The molecular weight excluding hydrogens is 340 g/mol. The molecule has 144 valence electrons. The number of benzene rings is 1. The fourth-order valence-corrected chi connectivity index (χ4v) is 1.98. The molecule has 8 nitrogen and oxygen atoms in total. The lowest BCUT2D eigenvalue weighted by Gasteiger charge is -2.22. The molecule has 0 radical (unpaired) electrons. The molecule has 3 N–H and O–H groups in total. The van der Waals surface area contributed by atoms with E-state index >= 15 is 0 Å². The molecule has 1 rings (SSSR count). The van der Waals surface area contributed by atoms with Gasteiger partial charge >= 0.3 is 12.1 Å². The Morgan fingerprint density at radius 2 is 1.81 bits per heavy atom. The van der Waals surface area contributed by atoms with Crippen LogP contribution in [0.5, 0.6) is 0 Å². The molecule has 1 aromatic carbocycles. The molecule has 0 saturated carbocycles. The van der Waals surface area contributed by atoms with Crippen LogP contribution in [0.2, 0.25) is 0 Å². The monoisotopic (exact) mass is 366 g/mol. The molecular formula is C18H26N2O6. The average Bonchev–Trinajstić information content (AvgIpc) is 2.54. The van der Waals surface area contributed by atoms with Crippen molar-refractivity contribution in [3.63, 3.8) is 0 Å². The normalized spacial score (nSPS) is 12.1. The molecule has 0 heterocycles. The van der Waals surface area contributed by atoms with E-state index in [0.717, 1.165) is 5.56 Å². The van der Waals surface area contributed by atoms with Crippen LogP contribution in [0.3, 0.4) is 0 Å². The van der Waals surface area contributed by atoms with Crippen molar-refractivity contribution >= 4 is 18.0 Å². The number of carboxylic acids is 1. The third-order valence-corrected chi connectivity index (χ3v) is 3.04. The molecule has 8 heteroatoms. The summed E-state index contributed by atoms with van der Waals surface area (Å²) in [6.07, 6.45) is -1.90. The van der Waals surface area contributed by atoms with Crippen molar-refractivity contribution in [2.45, 2.75) is 52.0 Å². The highest BCUT2D eigenvalue weighted by atomic mass is 16.6. The summed E-state index contributed by atoms with van der Waals surface area (Å²) >= 11 is 0. The molecule has 2 amide bonds. The number of rotatable bonds is 9. The fourth-order valence-electron chi connectivity index (χ4n) is 1.98. The smallest absolute Gasteiger partial charge is 0.409 e. The number of aliphatic carboxylic acids is 1. The van der Waals surface area contributed by atoms with Gasteiger partial charge < -0.3 is 19.9 Å². The van der Waals surface area contributed by atoms with Gasteiger partial charge in [-0.3, -0.25) is 14.9 Å². The van der Waals surface area contributed by atoms with E-state index in [0.29, 0.717) is 0 Å². The Morgan fingerprint density at radius 1 is 1.15 bits per heavy atom. The van der Waals surface area contributed by atoms with Gasteiger partial charge in [0.15, 0.2) is 0 Å². The lowest BCUT2D eigenvalue weighted by atomic mass is 10.1. The molecule has 1 aromatic rings. The van der Waals surface area contributed by atoms with E-state index < -0.39 is 23.8 Å². The third-order valence-electron chi connectivity index (χ3n) is 3.04. The summed E-state index contributed by atoms with van der Waals surface area (Å²) in [7, 11) is 0. The number of carbonyl (C=O) groups excluding carboxylic acids is 2. The van der Waals surface area contributed by atoms with Gasteiger partial charge in [-0.05, 0) is 26.3 Å². The molecule has 0 aromatic heterocycles. The molecule has 0 bridgehead atoms. The number of amides is 2. The van der Waals surface area contributed by atoms with Crippen molar-refractivity contribution in [2.24, 2.45) is 0 Å². The number of hydrogen-bond acceptors (Lipinski definition) is 5. The van der Waals surface area contributed by atoms with Gasteiger partial charge in [0.05, 0.1) is 0 Å². The van der Waals surface area contributed by atoms with Crippen molar-refractivity contribution < 1.29 is 29.0 Å². The fraction of sp³-hybridized carbons (Fsp3) is 0.500. The Balaban J connectivity index is 2.49. The maximum atomic E-state index is 11.9. The second-order valence-electron chi connectivity index (χ2n) is 6.74. The van der Waals surface area contributed by atoms with E-state index in [-0.39, 0.29) is 32.0 Å². The zero-order valence-electron chi connectivity index (χ0n) is 15.3. The first-order valence-electron chi connectivity index (χ1n) is 8.27. The van der Waals surface area contributed by atoms with Crippen LogP contribution in [-0.4, -0.2) is 41.4 Å². The van der Waals surface area contributed by atoms with E-state index in [1.165, 1.54) is 0 Å². The van der Waals surface area contributed by atoms with Crippen molar-refractivity contribution in [1.29, 1.82) is 0 Å². The molecule has 0 aliphatic heterocycles. The number of nitrogens with one attached hydrogen (secondary N) is 2. The van der Waals surface area contributed by atoms with Crippen LogP contribution in [0.4, 0.5) is 4.79 Å². The van der Waals surface area contributed by atoms with Gasteiger partial charge in [0.1, 0.15) is 19.4 Å². The summed E-state index contributed by atoms with van der Waals surface area (Å²) in [5.41, 5.74) is 0.397. The van der Waals surface area contributed by atoms with E-state index in [4.69, 9.17) is 14.6 Å². The molecule has 0 aliphatic rings. The number of hydrogen-bond donors (Lipinski definition) is 3. The molecule has 1 unspecified atom stereocenters. The van der Waals surface area contributed by atoms with E-state index in [1.54, 1.807) is 0 Å². The molecule has 0 saturated heterocycles. The van der Waals surface area contributed by atoms with Gasteiger partial charge in [0.2, 0.25) is 5.91 Å². The highest BCUT2D eigenvalue weighted by molar-refractivity contribution is 5.78. The largest absolute Gasteiger partial charge is 0.481 e. The third kappa shape index (κ3) is 10.3. The second kappa shape index (κ2) is 10.4. The molecule has 1 atom stereocenters. The van der Waals surface area contributed by atoms with Crippen molar-refractivity contribution in [1.82, 2.24) is 10.6 Å². The summed E-state index contributed by atoms with van der Waals surface area (Å²) < 4.78 is 10.4. The van der Waals surface area contributed by atoms with Crippen molar-refractivity contribution in [3.05, 3.63) is 35.9 Å². The zero-order valence-corrected chi connectivity index (χ0v) is 15.3. The predicted octanol–water partition coefficient (Wildman–Crippen LogP) is 2.03. The maximum Gasteiger partial charge on any atom is 0.409 e. The molecule has 26 heavy (non-hydrogen) atoms. The summed E-state index contributed by atoms with van der Waals surface area (Å²) in [5, 5.41) is 13.9. The molecule has 0 aliphatic carbocycles. The van der Waals surface area contributed by atoms with Crippen LogP contribution >= 0.6 is 0 Å². The van der Waals surface area contributed by atoms with Crippen LogP contribution in [0.25, 0.3) is 0 Å². The molecule has 0 fully saturated rings. The zero-order chi connectivity index (χ0) is 19.6. The molecule has 0 spiro atoms. The Hall–Kier alpha value is -2.61. The summed E-state index contributed by atoms with van der Waals surface area (Å²) in [6, 6.07) is 9.11. The van der Waals surface area contributed by atoms with Crippen LogP contribution in [0.1, 0.15) is 39.2 Å². The first-order valence-corrected chi connectivity index (χ1v) is 8.27. The van der Waals surface area contributed by atoms with Gasteiger partial charge in [-0.15, -0.1) is 0 Å². The van der Waals surface area contributed by atoms with Crippen molar-refractivity contribution in [3.8, 4) is 0 Å². The van der Waals surface area contributed by atoms with Crippen LogP contribution < -0.4 is 10.6 Å². The summed E-state index contributed by atoms with van der Waals surface area (Å²) in [5.74, 6) is -1.39. The minimum atomic E-state index is -1.03. The number of alkyl carbamates (subject to hydrolysis) is 1. The lowest BCUT2D eigenvalue weighted by Crippen LogP contribution is -2.45. The van der Waals surface area contributed by atoms with Gasteiger partial charge in [-0.1, -0.05) is 30.3 Å². The number of carboxylic acid groups (broad SMARTS) is 1. The van der Waals surface area contributed by atoms with E-state index in [2.05, 4.69) is 10.6 Å².